The van der Waals surface area contributed by atoms with Crippen molar-refractivity contribution in [2.24, 2.45) is 20.0 Å². The van der Waals surface area contributed by atoms with Gasteiger partial charge in [0.1, 0.15) is 5.39 Å². The standard InChI is InChI=1S/C16H20N4O3/c1-4-5-10-8-17-13-11(12(10)18-14(21)9-6-7-9)15(22)20(3)16(23)19(13)2/h8-9H,4-7H2,1-3H3,(H,17,18,21). The quantitative estimate of drug-likeness (QED) is 0.909. The highest BCUT2D eigenvalue weighted by atomic mass is 16.2. The number of carbonyl (C=O) groups is 1. The van der Waals surface area contributed by atoms with Gasteiger partial charge < -0.3 is 5.32 Å². The molecule has 1 fully saturated rings. The van der Waals surface area contributed by atoms with E-state index in [-0.39, 0.29) is 11.8 Å². The Labute approximate surface area is 133 Å². The molecule has 0 bridgehead atoms. The van der Waals surface area contributed by atoms with E-state index in [1.807, 2.05) is 6.92 Å². The summed E-state index contributed by atoms with van der Waals surface area (Å²) in [5.41, 5.74) is 0.760. The number of aromatic nitrogens is 3. The Balaban J connectivity index is 2.31. The van der Waals surface area contributed by atoms with E-state index in [0.29, 0.717) is 23.1 Å². The fraction of sp³-hybridized carbons (Fsp3) is 0.500. The third-order valence-corrected chi connectivity index (χ3v) is 4.26. The summed E-state index contributed by atoms with van der Waals surface area (Å²) in [5, 5.41) is 3.21. The van der Waals surface area contributed by atoms with Crippen molar-refractivity contribution in [1.82, 2.24) is 14.1 Å². The van der Waals surface area contributed by atoms with Crippen LogP contribution in [0.2, 0.25) is 0 Å². The van der Waals surface area contributed by atoms with Crippen molar-refractivity contribution in [3.05, 3.63) is 32.6 Å². The molecule has 1 N–H and O–H groups in total. The second-order valence-corrected chi connectivity index (χ2v) is 6.08. The second kappa shape index (κ2) is 5.64. The van der Waals surface area contributed by atoms with Gasteiger partial charge in [0, 0.05) is 26.2 Å². The van der Waals surface area contributed by atoms with Crippen LogP contribution >= 0.6 is 0 Å². The topological polar surface area (TPSA) is 86.0 Å². The van der Waals surface area contributed by atoms with Gasteiger partial charge in [0.05, 0.1) is 5.69 Å². The number of nitrogens with zero attached hydrogens (tertiary/aromatic N) is 3. The maximum atomic E-state index is 12.6. The molecule has 0 radical (unpaired) electrons. The number of hydrogen-bond acceptors (Lipinski definition) is 4. The minimum atomic E-state index is -0.433. The summed E-state index contributed by atoms with van der Waals surface area (Å²) < 4.78 is 2.38. The molecule has 0 unspecified atom stereocenters. The molecule has 0 saturated heterocycles. The first-order valence-electron chi connectivity index (χ1n) is 7.84. The molecule has 1 amide bonds. The van der Waals surface area contributed by atoms with Crippen molar-refractivity contribution >= 4 is 22.6 Å². The van der Waals surface area contributed by atoms with E-state index in [0.717, 1.165) is 29.4 Å². The summed E-state index contributed by atoms with van der Waals surface area (Å²) in [4.78, 5) is 41.2. The fourth-order valence-corrected chi connectivity index (χ4v) is 2.74. The van der Waals surface area contributed by atoms with Gasteiger partial charge in [0.2, 0.25) is 5.91 Å². The molecular weight excluding hydrogens is 296 g/mol. The lowest BCUT2D eigenvalue weighted by molar-refractivity contribution is -0.117. The van der Waals surface area contributed by atoms with E-state index in [2.05, 4.69) is 10.3 Å². The normalized spacial score (nSPS) is 14.2. The molecule has 2 aromatic rings. The maximum absolute atomic E-state index is 12.6. The van der Waals surface area contributed by atoms with Crippen molar-refractivity contribution in [2.75, 3.05) is 5.32 Å². The zero-order valence-corrected chi connectivity index (χ0v) is 13.5. The molecule has 1 aliphatic rings. The summed E-state index contributed by atoms with van der Waals surface area (Å²) in [5.74, 6) is -0.0326. The zero-order valence-electron chi connectivity index (χ0n) is 13.5. The van der Waals surface area contributed by atoms with E-state index in [9.17, 15) is 14.4 Å². The summed E-state index contributed by atoms with van der Waals surface area (Å²) >= 11 is 0. The average Bonchev–Trinajstić information content (AvgIpc) is 3.37. The van der Waals surface area contributed by atoms with Gasteiger partial charge in [-0.25, -0.2) is 9.78 Å². The summed E-state index contributed by atoms with van der Waals surface area (Å²) in [6.07, 6.45) is 4.98. The number of amides is 1. The van der Waals surface area contributed by atoms with E-state index < -0.39 is 11.2 Å². The van der Waals surface area contributed by atoms with E-state index >= 15 is 0 Å². The Morgan fingerprint density at radius 3 is 2.61 bits per heavy atom. The van der Waals surface area contributed by atoms with E-state index in [1.165, 1.54) is 11.6 Å². The van der Waals surface area contributed by atoms with Crippen molar-refractivity contribution in [3.8, 4) is 0 Å². The molecule has 2 heterocycles. The third-order valence-electron chi connectivity index (χ3n) is 4.26. The van der Waals surface area contributed by atoms with Gasteiger partial charge >= 0.3 is 5.69 Å². The highest BCUT2D eigenvalue weighted by Crippen LogP contribution is 2.32. The van der Waals surface area contributed by atoms with Gasteiger partial charge in [-0.2, -0.15) is 0 Å². The number of rotatable bonds is 4. The third kappa shape index (κ3) is 2.56. The first kappa shape index (κ1) is 15.5. The first-order valence-corrected chi connectivity index (χ1v) is 7.84. The second-order valence-electron chi connectivity index (χ2n) is 6.08. The van der Waals surface area contributed by atoms with Crippen molar-refractivity contribution in [1.29, 1.82) is 0 Å². The Kier molecular flexibility index (Phi) is 3.79. The molecule has 122 valence electrons. The number of hydrogen-bond donors (Lipinski definition) is 1. The minimum absolute atomic E-state index is 0.0316. The molecule has 7 heteroatoms. The van der Waals surface area contributed by atoms with Gasteiger partial charge in [-0.3, -0.25) is 18.7 Å². The Bertz CT molecular complexity index is 906. The molecule has 2 aromatic heterocycles. The highest BCUT2D eigenvalue weighted by Gasteiger charge is 2.31. The van der Waals surface area contributed by atoms with Crippen LogP contribution in [0.15, 0.2) is 15.8 Å². The molecule has 1 aliphatic carbocycles. The smallest absolute Gasteiger partial charge is 0.325 e. The van der Waals surface area contributed by atoms with Crippen LogP contribution < -0.4 is 16.6 Å². The largest absolute Gasteiger partial charge is 0.332 e. The van der Waals surface area contributed by atoms with Crippen LogP contribution in [0.1, 0.15) is 31.7 Å². The number of pyridine rings is 1. The van der Waals surface area contributed by atoms with E-state index in [4.69, 9.17) is 0 Å². The van der Waals surface area contributed by atoms with Crippen LogP contribution in [-0.2, 0) is 25.3 Å². The minimum Gasteiger partial charge on any atom is -0.325 e. The highest BCUT2D eigenvalue weighted by molar-refractivity contribution is 6.02. The van der Waals surface area contributed by atoms with Gasteiger partial charge in [-0.15, -0.1) is 0 Å². The molecule has 0 aromatic carbocycles. The summed E-state index contributed by atoms with van der Waals surface area (Å²) in [6, 6.07) is 0. The van der Waals surface area contributed by atoms with E-state index in [1.54, 1.807) is 13.2 Å². The summed E-state index contributed by atoms with van der Waals surface area (Å²) in [6.45, 7) is 2.02. The van der Waals surface area contributed by atoms with Crippen molar-refractivity contribution in [2.45, 2.75) is 32.6 Å². The number of nitrogens with one attached hydrogen (secondary N) is 1. The monoisotopic (exact) mass is 316 g/mol. The van der Waals surface area contributed by atoms with Crippen molar-refractivity contribution < 1.29 is 4.79 Å². The molecular formula is C16H20N4O3. The van der Waals surface area contributed by atoms with Crippen LogP contribution in [0.5, 0.6) is 0 Å². The van der Waals surface area contributed by atoms with Crippen LogP contribution in [-0.4, -0.2) is 20.0 Å². The van der Waals surface area contributed by atoms with Gasteiger partial charge in [-0.1, -0.05) is 13.3 Å². The number of anilines is 1. The summed E-state index contributed by atoms with van der Waals surface area (Å²) in [7, 11) is 3.01. The Morgan fingerprint density at radius 2 is 2.00 bits per heavy atom. The van der Waals surface area contributed by atoms with Crippen LogP contribution in [0, 0.1) is 5.92 Å². The van der Waals surface area contributed by atoms with Crippen molar-refractivity contribution in [3.63, 3.8) is 0 Å². The van der Waals surface area contributed by atoms with Gasteiger partial charge in [0.15, 0.2) is 5.65 Å². The van der Waals surface area contributed by atoms with Gasteiger partial charge in [-0.05, 0) is 24.8 Å². The maximum Gasteiger partial charge on any atom is 0.332 e. The van der Waals surface area contributed by atoms with Crippen LogP contribution in [0.4, 0.5) is 5.69 Å². The Hall–Kier alpha value is -2.44. The lowest BCUT2D eigenvalue weighted by Crippen LogP contribution is -2.38. The molecule has 0 atom stereocenters. The molecule has 1 saturated carbocycles. The molecule has 0 spiro atoms. The lowest BCUT2D eigenvalue weighted by atomic mass is 10.1. The average molecular weight is 316 g/mol. The van der Waals surface area contributed by atoms with Gasteiger partial charge in [0.25, 0.3) is 5.56 Å². The van der Waals surface area contributed by atoms with Crippen LogP contribution in [0.25, 0.3) is 11.0 Å². The zero-order chi connectivity index (χ0) is 16.7. The number of fused-ring (bicyclic) bond motifs is 1. The molecule has 3 rings (SSSR count). The SMILES string of the molecule is CCCc1cnc2c(c1NC(=O)C1CC1)c(=O)n(C)c(=O)n2C. The molecule has 7 nitrogen and oxygen atoms in total. The lowest BCUT2D eigenvalue weighted by Gasteiger charge is -2.15. The Morgan fingerprint density at radius 1 is 1.30 bits per heavy atom. The number of carbonyl (C=O) groups excluding carboxylic acids is 1. The fourth-order valence-electron chi connectivity index (χ4n) is 2.74. The molecule has 23 heavy (non-hydrogen) atoms. The molecule has 0 aliphatic heterocycles. The predicted octanol–water partition coefficient (Wildman–Crippen LogP) is 0.933. The van der Waals surface area contributed by atoms with Crippen LogP contribution in [0.3, 0.4) is 0 Å². The first-order chi connectivity index (χ1) is 11.0. The predicted molar refractivity (Wildman–Crippen MR) is 87.6 cm³/mol. The number of aryl methyl sites for hydroxylation is 2.